The molecular weight excluding hydrogens is 256 g/mol. The standard InChI is InChI=1S/C16H27ClN2/c1-12(2)13(3)18-9-10-19(5)14(4)15-7-6-8-16(17)11-15/h6-8,11-14,18H,9-10H2,1-5H3. The average molecular weight is 283 g/mol. The van der Waals surface area contributed by atoms with Crippen molar-refractivity contribution in [3.63, 3.8) is 0 Å². The fourth-order valence-corrected chi connectivity index (χ4v) is 2.12. The number of benzene rings is 1. The first-order valence-electron chi connectivity index (χ1n) is 7.11. The van der Waals surface area contributed by atoms with Crippen molar-refractivity contribution in [3.05, 3.63) is 34.9 Å². The van der Waals surface area contributed by atoms with Gasteiger partial charge in [0, 0.05) is 30.2 Å². The zero-order chi connectivity index (χ0) is 14.4. The second-order valence-electron chi connectivity index (χ2n) is 5.70. The molecule has 0 aliphatic carbocycles. The third-order valence-electron chi connectivity index (χ3n) is 3.92. The minimum atomic E-state index is 0.384. The van der Waals surface area contributed by atoms with Gasteiger partial charge < -0.3 is 5.32 Å². The molecule has 1 N–H and O–H groups in total. The molecule has 2 atom stereocenters. The lowest BCUT2D eigenvalue weighted by molar-refractivity contribution is 0.253. The molecule has 1 rings (SSSR count). The van der Waals surface area contributed by atoms with Gasteiger partial charge in [-0.3, -0.25) is 4.90 Å². The van der Waals surface area contributed by atoms with Gasteiger partial charge in [-0.05, 0) is 44.5 Å². The largest absolute Gasteiger partial charge is 0.313 e. The molecule has 0 bridgehead atoms. The minimum Gasteiger partial charge on any atom is -0.313 e. The van der Waals surface area contributed by atoms with Gasteiger partial charge in [0.25, 0.3) is 0 Å². The van der Waals surface area contributed by atoms with Gasteiger partial charge in [0.05, 0.1) is 0 Å². The van der Waals surface area contributed by atoms with Gasteiger partial charge in [-0.25, -0.2) is 0 Å². The van der Waals surface area contributed by atoms with Crippen molar-refractivity contribution < 1.29 is 0 Å². The molecule has 2 nitrogen and oxygen atoms in total. The van der Waals surface area contributed by atoms with Crippen LogP contribution in [0, 0.1) is 5.92 Å². The van der Waals surface area contributed by atoms with Gasteiger partial charge in [0.1, 0.15) is 0 Å². The molecular formula is C16H27ClN2. The lowest BCUT2D eigenvalue weighted by Gasteiger charge is -2.26. The highest BCUT2D eigenvalue weighted by atomic mass is 35.5. The Morgan fingerprint density at radius 1 is 1.21 bits per heavy atom. The molecule has 3 heteroatoms. The number of hydrogen-bond donors (Lipinski definition) is 1. The Balaban J connectivity index is 2.43. The highest BCUT2D eigenvalue weighted by Crippen LogP contribution is 2.21. The van der Waals surface area contributed by atoms with Gasteiger partial charge in [-0.2, -0.15) is 0 Å². The first-order valence-corrected chi connectivity index (χ1v) is 7.48. The molecule has 0 heterocycles. The molecule has 0 amide bonds. The summed E-state index contributed by atoms with van der Waals surface area (Å²) >= 11 is 6.04. The Kier molecular flexibility index (Phi) is 6.84. The number of halogens is 1. The number of hydrogen-bond acceptors (Lipinski definition) is 2. The molecule has 0 aliphatic rings. The van der Waals surface area contributed by atoms with E-state index in [-0.39, 0.29) is 0 Å². The monoisotopic (exact) mass is 282 g/mol. The molecule has 0 radical (unpaired) electrons. The average Bonchev–Trinajstić information content (AvgIpc) is 2.37. The number of nitrogens with one attached hydrogen (secondary N) is 1. The van der Waals surface area contributed by atoms with E-state index >= 15 is 0 Å². The zero-order valence-corrected chi connectivity index (χ0v) is 13.5. The Bertz CT molecular complexity index is 379. The van der Waals surface area contributed by atoms with Crippen LogP contribution >= 0.6 is 11.6 Å². The third kappa shape index (κ3) is 5.52. The topological polar surface area (TPSA) is 15.3 Å². The van der Waals surface area contributed by atoms with Crippen LogP contribution in [0.25, 0.3) is 0 Å². The summed E-state index contributed by atoms with van der Waals surface area (Å²) in [5.41, 5.74) is 1.27. The van der Waals surface area contributed by atoms with Crippen molar-refractivity contribution in [1.29, 1.82) is 0 Å². The van der Waals surface area contributed by atoms with E-state index in [4.69, 9.17) is 11.6 Å². The smallest absolute Gasteiger partial charge is 0.0409 e. The molecule has 1 aromatic carbocycles. The summed E-state index contributed by atoms with van der Waals surface area (Å²) in [4.78, 5) is 2.35. The molecule has 2 unspecified atom stereocenters. The predicted octanol–water partition coefficient (Wildman–Crippen LogP) is 3.97. The molecule has 0 saturated heterocycles. The van der Waals surface area contributed by atoms with E-state index in [0.29, 0.717) is 18.0 Å². The minimum absolute atomic E-state index is 0.384. The van der Waals surface area contributed by atoms with Crippen LogP contribution in [0.4, 0.5) is 0 Å². The SMILES string of the molecule is CC(C)C(C)NCCN(C)C(C)c1cccc(Cl)c1. The fourth-order valence-electron chi connectivity index (χ4n) is 1.92. The molecule has 0 fully saturated rings. The van der Waals surface area contributed by atoms with E-state index in [9.17, 15) is 0 Å². The normalized spacial score (nSPS) is 14.9. The van der Waals surface area contributed by atoms with Crippen LogP contribution in [0.2, 0.25) is 5.02 Å². The number of likely N-dealkylation sites (N-methyl/N-ethyl adjacent to an activating group) is 1. The summed E-state index contributed by atoms with van der Waals surface area (Å²) in [6.45, 7) is 11.0. The molecule has 0 spiro atoms. The van der Waals surface area contributed by atoms with E-state index < -0.39 is 0 Å². The Morgan fingerprint density at radius 3 is 2.47 bits per heavy atom. The number of rotatable bonds is 7. The van der Waals surface area contributed by atoms with Crippen molar-refractivity contribution in [2.24, 2.45) is 5.92 Å². The second kappa shape index (κ2) is 7.88. The molecule has 1 aromatic rings. The van der Waals surface area contributed by atoms with Crippen LogP contribution in [-0.4, -0.2) is 31.1 Å². The van der Waals surface area contributed by atoms with Crippen molar-refractivity contribution in [2.75, 3.05) is 20.1 Å². The van der Waals surface area contributed by atoms with Crippen molar-refractivity contribution in [3.8, 4) is 0 Å². The van der Waals surface area contributed by atoms with Crippen molar-refractivity contribution in [1.82, 2.24) is 10.2 Å². The van der Waals surface area contributed by atoms with Crippen LogP contribution < -0.4 is 5.32 Å². The van der Waals surface area contributed by atoms with Crippen LogP contribution in [-0.2, 0) is 0 Å². The maximum atomic E-state index is 6.04. The number of nitrogens with zero attached hydrogens (tertiary/aromatic N) is 1. The summed E-state index contributed by atoms with van der Waals surface area (Å²) in [5.74, 6) is 0.677. The van der Waals surface area contributed by atoms with Crippen LogP contribution in [0.5, 0.6) is 0 Å². The maximum Gasteiger partial charge on any atom is 0.0409 e. The summed E-state index contributed by atoms with van der Waals surface area (Å²) in [6.07, 6.45) is 0. The first-order chi connectivity index (χ1) is 8.91. The first kappa shape index (κ1) is 16.5. The zero-order valence-electron chi connectivity index (χ0n) is 12.8. The molecule has 108 valence electrons. The summed E-state index contributed by atoms with van der Waals surface area (Å²) in [7, 11) is 2.16. The van der Waals surface area contributed by atoms with Gasteiger partial charge in [0.15, 0.2) is 0 Å². The predicted molar refractivity (Wildman–Crippen MR) is 84.8 cm³/mol. The highest BCUT2D eigenvalue weighted by Gasteiger charge is 2.12. The molecule has 19 heavy (non-hydrogen) atoms. The van der Waals surface area contributed by atoms with Crippen molar-refractivity contribution >= 4 is 11.6 Å². The van der Waals surface area contributed by atoms with Gasteiger partial charge in [0.2, 0.25) is 0 Å². The van der Waals surface area contributed by atoms with Gasteiger partial charge in [-0.15, -0.1) is 0 Å². The second-order valence-corrected chi connectivity index (χ2v) is 6.13. The van der Waals surface area contributed by atoms with Crippen molar-refractivity contribution in [2.45, 2.75) is 39.8 Å². The van der Waals surface area contributed by atoms with E-state index in [1.165, 1.54) is 5.56 Å². The van der Waals surface area contributed by atoms with Crippen LogP contribution in [0.15, 0.2) is 24.3 Å². The lowest BCUT2D eigenvalue weighted by atomic mass is 10.1. The molecule has 0 saturated carbocycles. The van der Waals surface area contributed by atoms with E-state index in [0.717, 1.165) is 18.1 Å². The summed E-state index contributed by atoms with van der Waals surface area (Å²) in [6, 6.07) is 9.07. The quantitative estimate of drug-likeness (QED) is 0.814. The summed E-state index contributed by atoms with van der Waals surface area (Å²) in [5, 5.41) is 4.37. The van der Waals surface area contributed by atoms with Crippen LogP contribution in [0.3, 0.4) is 0 Å². The van der Waals surface area contributed by atoms with E-state index in [2.05, 4.69) is 51.0 Å². The fraction of sp³-hybridized carbons (Fsp3) is 0.625. The molecule has 0 aromatic heterocycles. The van der Waals surface area contributed by atoms with Gasteiger partial charge >= 0.3 is 0 Å². The maximum absolute atomic E-state index is 6.04. The summed E-state index contributed by atoms with van der Waals surface area (Å²) < 4.78 is 0. The third-order valence-corrected chi connectivity index (χ3v) is 4.16. The Hall–Kier alpha value is -0.570. The van der Waals surface area contributed by atoms with E-state index in [1.54, 1.807) is 0 Å². The Labute approximate surface area is 123 Å². The van der Waals surface area contributed by atoms with E-state index in [1.807, 2.05) is 18.2 Å². The lowest BCUT2D eigenvalue weighted by Crippen LogP contribution is -2.37. The van der Waals surface area contributed by atoms with Gasteiger partial charge in [-0.1, -0.05) is 37.6 Å². The highest BCUT2D eigenvalue weighted by molar-refractivity contribution is 6.30. The van der Waals surface area contributed by atoms with Crippen LogP contribution in [0.1, 0.15) is 39.3 Å². The Morgan fingerprint density at radius 2 is 1.89 bits per heavy atom. The molecule has 0 aliphatic heterocycles.